The second kappa shape index (κ2) is 5.27. The van der Waals surface area contributed by atoms with Gasteiger partial charge in [-0.25, -0.2) is 8.78 Å². The van der Waals surface area contributed by atoms with Gasteiger partial charge in [-0.3, -0.25) is 0 Å². The fourth-order valence-electron chi connectivity index (χ4n) is 1.88. The highest BCUT2D eigenvalue weighted by atomic mass is 19.1. The summed E-state index contributed by atoms with van der Waals surface area (Å²) in [6.07, 6.45) is 3.04. The number of ether oxygens (including phenoxy) is 2. The molecular formula is C13H14F2O2. The Labute approximate surface area is 98.8 Å². The summed E-state index contributed by atoms with van der Waals surface area (Å²) in [4.78, 5) is 0. The molecular weight excluding hydrogens is 226 g/mol. The van der Waals surface area contributed by atoms with Crippen LogP contribution in [0.25, 0.3) is 5.57 Å². The maximum atomic E-state index is 13.5. The van der Waals surface area contributed by atoms with Crippen molar-refractivity contribution in [1.82, 2.24) is 0 Å². The minimum Gasteiger partial charge on any atom is -0.495 e. The molecule has 0 radical (unpaired) electrons. The van der Waals surface area contributed by atoms with E-state index in [4.69, 9.17) is 9.47 Å². The first kappa shape index (κ1) is 12.0. The Kier molecular flexibility index (Phi) is 3.74. The highest BCUT2D eigenvalue weighted by Gasteiger charge is 2.18. The molecule has 0 aliphatic carbocycles. The summed E-state index contributed by atoms with van der Waals surface area (Å²) >= 11 is 0. The lowest BCUT2D eigenvalue weighted by Gasteiger charge is -2.22. The molecule has 17 heavy (non-hydrogen) atoms. The summed E-state index contributed by atoms with van der Waals surface area (Å²) in [5.74, 6) is -1.12. The normalized spacial score (nSPS) is 19.7. The first-order valence-corrected chi connectivity index (χ1v) is 5.49. The fourth-order valence-corrected chi connectivity index (χ4v) is 1.88. The van der Waals surface area contributed by atoms with Crippen LogP contribution in [-0.2, 0) is 9.47 Å². The summed E-state index contributed by atoms with van der Waals surface area (Å²) in [5.41, 5.74) is 1.16. The minimum atomic E-state index is -0.569. The van der Waals surface area contributed by atoms with Gasteiger partial charge in [0.05, 0.1) is 12.9 Å². The number of halogens is 2. The molecule has 0 aromatic heterocycles. The van der Waals surface area contributed by atoms with Crippen molar-refractivity contribution >= 4 is 5.57 Å². The van der Waals surface area contributed by atoms with Crippen LogP contribution in [0.1, 0.15) is 18.4 Å². The van der Waals surface area contributed by atoms with E-state index in [9.17, 15) is 8.78 Å². The van der Waals surface area contributed by atoms with Crippen LogP contribution in [-0.4, -0.2) is 19.8 Å². The molecule has 1 aromatic carbocycles. The quantitative estimate of drug-likeness (QED) is 0.808. The zero-order valence-electron chi connectivity index (χ0n) is 9.58. The van der Waals surface area contributed by atoms with Crippen molar-refractivity contribution in [2.24, 2.45) is 0 Å². The van der Waals surface area contributed by atoms with Crippen LogP contribution in [0.15, 0.2) is 24.5 Å². The van der Waals surface area contributed by atoms with Gasteiger partial charge in [-0.2, -0.15) is 0 Å². The number of allylic oxidation sites excluding steroid dienone is 1. The first-order chi connectivity index (χ1) is 8.20. The van der Waals surface area contributed by atoms with E-state index in [1.165, 1.54) is 12.1 Å². The topological polar surface area (TPSA) is 18.5 Å². The third-order valence-corrected chi connectivity index (χ3v) is 2.77. The van der Waals surface area contributed by atoms with Gasteiger partial charge in [-0.1, -0.05) is 0 Å². The van der Waals surface area contributed by atoms with E-state index in [1.807, 2.05) is 0 Å². The van der Waals surface area contributed by atoms with Crippen LogP contribution in [0, 0.1) is 11.6 Å². The van der Waals surface area contributed by atoms with E-state index >= 15 is 0 Å². The first-order valence-electron chi connectivity index (χ1n) is 5.49. The molecule has 1 aliphatic rings. The Morgan fingerprint density at radius 2 is 2.24 bits per heavy atom. The highest BCUT2D eigenvalue weighted by molar-refractivity contribution is 5.65. The summed E-state index contributed by atoms with van der Waals surface area (Å²) < 4.78 is 36.7. The van der Waals surface area contributed by atoms with Gasteiger partial charge in [0.15, 0.2) is 0 Å². The Balaban J connectivity index is 2.13. The van der Waals surface area contributed by atoms with Crippen LogP contribution in [0.2, 0.25) is 0 Å². The van der Waals surface area contributed by atoms with Gasteiger partial charge in [0.25, 0.3) is 0 Å². The zero-order valence-corrected chi connectivity index (χ0v) is 9.58. The van der Waals surface area contributed by atoms with Crippen LogP contribution in [0.3, 0.4) is 0 Å². The third kappa shape index (κ3) is 2.82. The fraction of sp³-hybridized carbons (Fsp3) is 0.385. The van der Waals surface area contributed by atoms with Crippen molar-refractivity contribution in [2.75, 3.05) is 13.7 Å². The molecule has 0 saturated carbocycles. The third-order valence-electron chi connectivity index (χ3n) is 2.77. The van der Waals surface area contributed by atoms with E-state index in [0.29, 0.717) is 18.6 Å². The average molecular weight is 240 g/mol. The number of rotatable bonds is 3. The molecule has 0 N–H and O–H groups in total. The summed E-state index contributed by atoms with van der Waals surface area (Å²) in [5, 5.41) is 0. The maximum absolute atomic E-state index is 13.5. The Morgan fingerprint density at radius 1 is 1.41 bits per heavy atom. The molecule has 0 fully saturated rings. The molecule has 0 bridgehead atoms. The van der Waals surface area contributed by atoms with Crippen LogP contribution in [0.4, 0.5) is 8.78 Å². The molecule has 92 valence electrons. The molecule has 1 unspecified atom stereocenters. The number of hydrogen-bond donors (Lipinski definition) is 0. The maximum Gasteiger partial charge on any atom is 0.133 e. The highest BCUT2D eigenvalue weighted by Crippen LogP contribution is 2.28. The molecule has 0 spiro atoms. The van der Waals surface area contributed by atoms with Gasteiger partial charge in [0.1, 0.15) is 17.7 Å². The molecule has 4 heteroatoms. The lowest BCUT2D eigenvalue weighted by atomic mass is 9.98. The van der Waals surface area contributed by atoms with E-state index in [0.717, 1.165) is 18.1 Å². The van der Waals surface area contributed by atoms with Gasteiger partial charge >= 0.3 is 0 Å². The predicted molar refractivity (Wildman–Crippen MR) is 60.3 cm³/mol. The standard InChI is InChI=1S/C13H14F2O2/c1-16-8-11-4-2-9(7-17-11)12-5-3-10(14)6-13(12)15/h3,5-7,11H,2,4,8H2,1H3. The second-order valence-electron chi connectivity index (χ2n) is 4.02. The lowest BCUT2D eigenvalue weighted by Crippen LogP contribution is -2.20. The Hall–Kier alpha value is -1.42. The van der Waals surface area contributed by atoms with Crippen molar-refractivity contribution in [3.63, 3.8) is 0 Å². The van der Waals surface area contributed by atoms with Crippen molar-refractivity contribution in [2.45, 2.75) is 18.9 Å². The molecule has 1 heterocycles. The summed E-state index contributed by atoms with van der Waals surface area (Å²) in [7, 11) is 1.61. The van der Waals surface area contributed by atoms with Crippen molar-refractivity contribution in [3.05, 3.63) is 41.7 Å². The molecule has 0 amide bonds. The van der Waals surface area contributed by atoms with E-state index in [2.05, 4.69) is 0 Å². The SMILES string of the molecule is COCC1CCC(c2ccc(F)cc2F)=CO1. The molecule has 1 aliphatic heterocycles. The molecule has 0 saturated heterocycles. The largest absolute Gasteiger partial charge is 0.495 e. The van der Waals surface area contributed by atoms with Crippen LogP contribution >= 0.6 is 0 Å². The van der Waals surface area contributed by atoms with E-state index in [-0.39, 0.29) is 6.10 Å². The van der Waals surface area contributed by atoms with E-state index in [1.54, 1.807) is 13.4 Å². The summed E-state index contributed by atoms with van der Waals surface area (Å²) in [6, 6.07) is 3.58. The molecule has 2 nitrogen and oxygen atoms in total. The number of benzene rings is 1. The minimum absolute atomic E-state index is 0.0206. The van der Waals surface area contributed by atoms with E-state index < -0.39 is 11.6 Å². The van der Waals surface area contributed by atoms with Crippen LogP contribution < -0.4 is 0 Å². The van der Waals surface area contributed by atoms with Gasteiger partial charge in [-0.15, -0.1) is 0 Å². The average Bonchev–Trinajstić information content (AvgIpc) is 2.31. The van der Waals surface area contributed by atoms with Gasteiger partial charge < -0.3 is 9.47 Å². The second-order valence-corrected chi connectivity index (χ2v) is 4.02. The van der Waals surface area contributed by atoms with Crippen molar-refractivity contribution in [1.29, 1.82) is 0 Å². The van der Waals surface area contributed by atoms with Gasteiger partial charge in [-0.05, 0) is 30.5 Å². The predicted octanol–water partition coefficient (Wildman–Crippen LogP) is 3.13. The van der Waals surface area contributed by atoms with Crippen molar-refractivity contribution < 1.29 is 18.3 Å². The monoisotopic (exact) mass is 240 g/mol. The lowest BCUT2D eigenvalue weighted by molar-refractivity contribution is 0.0420. The number of methoxy groups -OCH3 is 1. The summed E-state index contributed by atoms with van der Waals surface area (Å²) in [6.45, 7) is 0.523. The van der Waals surface area contributed by atoms with Crippen molar-refractivity contribution in [3.8, 4) is 0 Å². The molecule has 2 rings (SSSR count). The van der Waals surface area contributed by atoms with Crippen LogP contribution in [0.5, 0.6) is 0 Å². The Bertz CT molecular complexity index is 429. The zero-order chi connectivity index (χ0) is 12.3. The Morgan fingerprint density at radius 3 is 2.82 bits per heavy atom. The number of hydrogen-bond acceptors (Lipinski definition) is 2. The molecule has 1 aromatic rings. The van der Waals surface area contributed by atoms with Gasteiger partial charge in [0.2, 0.25) is 0 Å². The van der Waals surface area contributed by atoms with Gasteiger partial charge in [0, 0.05) is 18.7 Å². The molecule has 1 atom stereocenters. The smallest absolute Gasteiger partial charge is 0.133 e.